The molecule has 0 spiro atoms. The smallest absolute Gasteiger partial charge is 0.174 e. The zero-order valence-electron chi connectivity index (χ0n) is 22.0. The van der Waals surface area contributed by atoms with Gasteiger partial charge >= 0.3 is 0 Å². The number of rotatable bonds is 6. The van der Waals surface area contributed by atoms with Crippen LogP contribution in [-0.2, 0) is 0 Å². The number of nitrogens with zero attached hydrogens (tertiary/aromatic N) is 3. The van der Waals surface area contributed by atoms with Crippen LogP contribution in [0.15, 0.2) is 85.1 Å². The number of anilines is 1. The van der Waals surface area contributed by atoms with Crippen molar-refractivity contribution in [2.75, 3.05) is 4.90 Å². The van der Waals surface area contributed by atoms with Gasteiger partial charge in [-0.05, 0) is 99.1 Å². The predicted molar refractivity (Wildman–Crippen MR) is 157 cm³/mol. The number of ether oxygens (including phenoxy) is 1. The number of aromatic nitrogens is 2. The van der Waals surface area contributed by atoms with Gasteiger partial charge in [-0.15, -0.1) is 0 Å². The highest BCUT2D eigenvalue weighted by atomic mass is 32.1. The van der Waals surface area contributed by atoms with Crippen molar-refractivity contribution in [3.8, 4) is 11.5 Å². The molecule has 2 atom stereocenters. The molecule has 0 amide bonds. The van der Waals surface area contributed by atoms with Gasteiger partial charge in [-0.3, -0.25) is 4.98 Å². The fourth-order valence-electron chi connectivity index (χ4n) is 6.25. The van der Waals surface area contributed by atoms with Crippen molar-refractivity contribution in [2.24, 2.45) is 0 Å². The molecular weight excluding hydrogens is 488 g/mol. The second kappa shape index (κ2) is 10.6. The molecule has 6 rings (SSSR count). The third-order valence-corrected chi connectivity index (χ3v) is 8.29. The largest absolute Gasteiger partial charge is 0.457 e. The summed E-state index contributed by atoms with van der Waals surface area (Å²) in [7, 11) is 0. The monoisotopic (exact) mass is 522 g/mol. The van der Waals surface area contributed by atoms with Gasteiger partial charge in [0, 0.05) is 29.3 Å². The van der Waals surface area contributed by atoms with E-state index in [0.717, 1.165) is 22.9 Å². The molecule has 5 nitrogen and oxygen atoms in total. The number of pyridine rings is 1. The maximum absolute atomic E-state index is 6.05. The minimum atomic E-state index is -0.0516. The maximum Gasteiger partial charge on any atom is 0.174 e. The third kappa shape index (κ3) is 4.69. The first kappa shape index (κ1) is 24.7. The first-order valence-corrected chi connectivity index (χ1v) is 14.0. The summed E-state index contributed by atoms with van der Waals surface area (Å²) in [5.41, 5.74) is 6.00. The van der Waals surface area contributed by atoms with Gasteiger partial charge < -0.3 is 19.5 Å². The van der Waals surface area contributed by atoms with Crippen LogP contribution in [0.25, 0.3) is 0 Å². The van der Waals surface area contributed by atoms with Crippen LogP contribution in [0.2, 0.25) is 0 Å². The predicted octanol–water partition coefficient (Wildman–Crippen LogP) is 7.97. The molecule has 6 heteroatoms. The van der Waals surface area contributed by atoms with Gasteiger partial charge in [0.25, 0.3) is 0 Å². The summed E-state index contributed by atoms with van der Waals surface area (Å²) in [4.78, 5) is 6.99. The van der Waals surface area contributed by atoms with Crippen molar-refractivity contribution < 1.29 is 4.74 Å². The Morgan fingerprint density at radius 2 is 1.58 bits per heavy atom. The van der Waals surface area contributed by atoms with Crippen LogP contribution in [-0.4, -0.2) is 14.7 Å². The van der Waals surface area contributed by atoms with E-state index >= 15 is 0 Å². The fourth-order valence-corrected chi connectivity index (χ4v) is 6.60. The molecule has 3 heterocycles. The van der Waals surface area contributed by atoms with E-state index in [1.54, 1.807) is 0 Å². The van der Waals surface area contributed by atoms with E-state index in [1.807, 2.05) is 60.8 Å². The van der Waals surface area contributed by atoms with Crippen LogP contribution in [0, 0.1) is 13.8 Å². The first-order chi connectivity index (χ1) is 18.6. The Hall–Kier alpha value is -3.64. The molecule has 2 aromatic carbocycles. The van der Waals surface area contributed by atoms with Crippen molar-refractivity contribution in [2.45, 2.75) is 64.1 Å². The second-order valence-corrected chi connectivity index (χ2v) is 10.8. The van der Waals surface area contributed by atoms with E-state index in [9.17, 15) is 0 Å². The summed E-state index contributed by atoms with van der Waals surface area (Å²) in [6, 6.07) is 27.1. The highest BCUT2D eigenvalue weighted by Crippen LogP contribution is 2.45. The normalized spacial score (nSPS) is 19.9. The lowest BCUT2D eigenvalue weighted by Gasteiger charge is -2.30. The van der Waals surface area contributed by atoms with Gasteiger partial charge in [0.2, 0.25) is 0 Å². The Kier molecular flexibility index (Phi) is 6.90. The van der Waals surface area contributed by atoms with Gasteiger partial charge in [0.1, 0.15) is 11.5 Å². The van der Waals surface area contributed by atoms with Crippen molar-refractivity contribution in [3.63, 3.8) is 0 Å². The van der Waals surface area contributed by atoms with E-state index in [-0.39, 0.29) is 12.1 Å². The molecule has 0 bridgehead atoms. The molecule has 1 aliphatic heterocycles. The molecule has 1 aliphatic carbocycles. The molecule has 1 saturated heterocycles. The molecule has 2 fully saturated rings. The molecule has 0 radical (unpaired) electrons. The van der Waals surface area contributed by atoms with E-state index in [2.05, 4.69) is 52.9 Å². The number of benzene rings is 2. The number of aryl methyl sites for hydroxylation is 1. The number of hydrogen-bond acceptors (Lipinski definition) is 3. The molecule has 38 heavy (non-hydrogen) atoms. The SMILES string of the molecule is Cc1cc([C@H]2[C@@H](c3ccccn3)NC(=S)N2c2ccc(Oc3ccccc3)cc2)c(C)n1C1CCCCC1. The Balaban J connectivity index is 1.38. The zero-order valence-corrected chi connectivity index (χ0v) is 22.8. The Labute approximate surface area is 230 Å². The number of nitrogens with one attached hydrogen (secondary N) is 1. The maximum atomic E-state index is 6.05. The summed E-state index contributed by atoms with van der Waals surface area (Å²) in [6.45, 7) is 4.53. The molecule has 4 aromatic rings. The van der Waals surface area contributed by atoms with Gasteiger partial charge in [0.05, 0.1) is 17.8 Å². The molecule has 1 N–H and O–H groups in total. The van der Waals surface area contributed by atoms with Crippen molar-refractivity contribution >= 4 is 23.0 Å². The Morgan fingerprint density at radius 1 is 0.868 bits per heavy atom. The van der Waals surface area contributed by atoms with E-state index < -0.39 is 0 Å². The summed E-state index contributed by atoms with van der Waals surface area (Å²) in [5.74, 6) is 1.62. The quantitative estimate of drug-likeness (QED) is 0.260. The van der Waals surface area contributed by atoms with Crippen LogP contribution in [0.1, 0.15) is 72.9 Å². The average Bonchev–Trinajstić information content (AvgIpc) is 3.45. The van der Waals surface area contributed by atoms with Crippen molar-refractivity contribution in [1.29, 1.82) is 0 Å². The minimum absolute atomic E-state index is 0.0122. The molecular formula is C32H34N4OS. The summed E-state index contributed by atoms with van der Waals surface area (Å²) in [6.07, 6.45) is 8.35. The van der Waals surface area contributed by atoms with E-state index in [4.69, 9.17) is 21.9 Å². The van der Waals surface area contributed by atoms with Crippen LogP contribution in [0.4, 0.5) is 5.69 Å². The van der Waals surface area contributed by atoms with Crippen LogP contribution in [0.3, 0.4) is 0 Å². The summed E-state index contributed by atoms with van der Waals surface area (Å²) < 4.78 is 8.63. The molecule has 2 aliphatic rings. The van der Waals surface area contributed by atoms with Crippen molar-refractivity contribution in [3.05, 3.63) is 108 Å². The van der Waals surface area contributed by atoms with Crippen LogP contribution < -0.4 is 15.0 Å². The first-order valence-electron chi connectivity index (χ1n) is 13.6. The average molecular weight is 523 g/mol. The lowest BCUT2D eigenvalue weighted by Crippen LogP contribution is -2.29. The standard InChI is InChI=1S/C32H34N4OS/c1-22-21-28(23(2)35(22)24-11-5-3-6-12-24)31-30(29-15-9-10-20-33-29)34-32(38)36(31)25-16-18-27(19-17-25)37-26-13-7-4-8-14-26/h4,7-10,13-21,24,30-31H,3,5-6,11-12H2,1-2H3,(H,34,38)/t30-,31+/m1/s1. The Morgan fingerprint density at radius 3 is 2.29 bits per heavy atom. The van der Waals surface area contributed by atoms with E-state index in [1.165, 1.54) is 49.1 Å². The topological polar surface area (TPSA) is 42.3 Å². The zero-order chi connectivity index (χ0) is 26.1. The Bertz CT molecular complexity index is 1390. The molecule has 194 valence electrons. The van der Waals surface area contributed by atoms with Crippen LogP contribution >= 0.6 is 12.2 Å². The van der Waals surface area contributed by atoms with Gasteiger partial charge in [-0.2, -0.15) is 0 Å². The second-order valence-electron chi connectivity index (χ2n) is 10.4. The highest BCUT2D eigenvalue weighted by Gasteiger charge is 2.42. The van der Waals surface area contributed by atoms with Gasteiger partial charge in [0.15, 0.2) is 5.11 Å². The molecule has 1 saturated carbocycles. The number of thiocarbonyl (C=S) groups is 1. The fraction of sp³-hybridized carbons (Fsp3) is 0.312. The third-order valence-electron chi connectivity index (χ3n) is 7.97. The van der Waals surface area contributed by atoms with E-state index in [0.29, 0.717) is 11.2 Å². The number of hydrogen-bond donors (Lipinski definition) is 1. The lowest BCUT2D eigenvalue weighted by molar-refractivity contribution is 0.345. The highest BCUT2D eigenvalue weighted by molar-refractivity contribution is 7.80. The summed E-state index contributed by atoms with van der Waals surface area (Å²) in [5, 5.41) is 4.32. The molecule has 0 unspecified atom stereocenters. The van der Waals surface area contributed by atoms with Crippen molar-refractivity contribution in [1.82, 2.24) is 14.9 Å². The minimum Gasteiger partial charge on any atom is -0.457 e. The number of para-hydroxylation sites is 1. The van der Waals surface area contributed by atoms with Crippen LogP contribution in [0.5, 0.6) is 11.5 Å². The summed E-state index contributed by atoms with van der Waals surface area (Å²) >= 11 is 5.97. The van der Waals surface area contributed by atoms with Gasteiger partial charge in [-0.25, -0.2) is 0 Å². The lowest BCUT2D eigenvalue weighted by atomic mass is 9.94. The van der Waals surface area contributed by atoms with Gasteiger partial charge in [-0.1, -0.05) is 43.5 Å². The molecule has 2 aromatic heterocycles.